The average molecular weight is 278 g/mol. The van der Waals surface area contributed by atoms with Gasteiger partial charge in [-0.05, 0) is 26.2 Å². The molecule has 0 aromatic carbocycles. The zero-order valence-electron chi connectivity index (χ0n) is 13.0. The van der Waals surface area contributed by atoms with Crippen LogP contribution in [0.2, 0.25) is 0 Å². The largest absolute Gasteiger partial charge is 0.394 e. The molecule has 1 fully saturated rings. The van der Waals surface area contributed by atoms with Crippen molar-refractivity contribution in [2.45, 2.75) is 57.9 Å². The molecule has 112 valence electrons. The molecule has 2 rings (SSSR count). The zero-order valence-corrected chi connectivity index (χ0v) is 13.0. The van der Waals surface area contributed by atoms with Gasteiger partial charge in [-0.25, -0.2) is 9.97 Å². The van der Waals surface area contributed by atoms with E-state index in [1.165, 1.54) is 0 Å². The Morgan fingerprint density at radius 3 is 2.35 bits per heavy atom. The summed E-state index contributed by atoms with van der Waals surface area (Å²) < 4.78 is 0. The second kappa shape index (κ2) is 5.56. The molecule has 1 heterocycles. The predicted octanol–water partition coefficient (Wildman–Crippen LogP) is 2.53. The van der Waals surface area contributed by atoms with Gasteiger partial charge in [-0.15, -0.1) is 0 Å². The van der Waals surface area contributed by atoms with Crippen LogP contribution in [0.1, 0.15) is 52.8 Å². The highest BCUT2D eigenvalue weighted by Gasteiger charge is 2.36. The van der Waals surface area contributed by atoms with Crippen LogP contribution in [0, 0.1) is 0 Å². The Morgan fingerprint density at radius 1 is 1.25 bits per heavy atom. The molecule has 0 spiro atoms. The van der Waals surface area contributed by atoms with Crippen LogP contribution >= 0.6 is 0 Å². The molecule has 1 aliphatic rings. The molecule has 3 N–H and O–H groups in total. The van der Waals surface area contributed by atoms with Crippen LogP contribution < -0.4 is 10.6 Å². The molecular weight excluding hydrogens is 252 g/mol. The van der Waals surface area contributed by atoms with E-state index in [1.807, 2.05) is 13.0 Å². The SMILES string of the molecule is CCNc1cc(NC2(CO)CCC2)nc(C(C)(C)C)n1. The second-order valence-corrected chi connectivity index (χ2v) is 6.66. The first-order valence-corrected chi connectivity index (χ1v) is 7.41. The van der Waals surface area contributed by atoms with Crippen molar-refractivity contribution in [3.8, 4) is 0 Å². The van der Waals surface area contributed by atoms with Crippen molar-refractivity contribution in [2.24, 2.45) is 0 Å². The summed E-state index contributed by atoms with van der Waals surface area (Å²) in [5.74, 6) is 2.45. The molecule has 0 aliphatic heterocycles. The number of aliphatic hydroxyl groups excluding tert-OH is 1. The van der Waals surface area contributed by atoms with Crippen LogP contribution in [0.5, 0.6) is 0 Å². The Morgan fingerprint density at radius 2 is 1.90 bits per heavy atom. The molecule has 0 amide bonds. The van der Waals surface area contributed by atoms with Gasteiger partial charge in [0.05, 0.1) is 12.1 Å². The van der Waals surface area contributed by atoms with E-state index >= 15 is 0 Å². The van der Waals surface area contributed by atoms with E-state index in [4.69, 9.17) is 0 Å². The molecule has 1 aromatic heterocycles. The Labute approximate surface area is 121 Å². The number of hydrogen-bond donors (Lipinski definition) is 3. The van der Waals surface area contributed by atoms with E-state index in [0.717, 1.165) is 43.3 Å². The lowest BCUT2D eigenvalue weighted by atomic mass is 9.77. The number of aromatic nitrogens is 2. The quantitative estimate of drug-likeness (QED) is 0.772. The Balaban J connectivity index is 2.29. The van der Waals surface area contributed by atoms with Gasteiger partial charge in [-0.1, -0.05) is 20.8 Å². The maximum atomic E-state index is 9.58. The monoisotopic (exact) mass is 278 g/mol. The van der Waals surface area contributed by atoms with Crippen molar-refractivity contribution >= 4 is 11.6 Å². The summed E-state index contributed by atoms with van der Waals surface area (Å²) in [7, 11) is 0. The molecule has 1 saturated carbocycles. The smallest absolute Gasteiger partial charge is 0.138 e. The average Bonchev–Trinajstić information content (AvgIpc) is 2.33. The molecule has 20 heavy (non-hydrogen) atoms. The lowest BCUT2D eigenvalue weighted by molar-refractivity contribution is 0.143. The number of nitrogens with zero attached hydrogens (tertiary/aromatic N) is 2. The molecule has 5 nitrogen and oxygen atoms in total. The van der Waals surface area contributed by atoms with Crippen molar-refractivity contribution in [1.29, 1.82) is 0 Å². The molecular formula is C15H26N4O. The molecule has 0 unspecified atom stereocenters. The van der Waals surface area contributed by atoms with E-state index < -0.39 is 0 Å². The topological polar surface area (TPSA) is 70.1 Å². The third-order valence-electron chi connectivity index (χ3n) is 3.76. The van der Waals surface area contributed by atoms with Gasteiger partial charge in [-0.3, -0.25) is 0 Å². The van der Waals surface area contributed by atoms with Gasteiger partial charge in [0.15, 0.2) is 0 Å². The Kier molecular flexibility index (Phi) is 4.18. The summed E-state index contributed by atoms with van der Waals surface area (Å²) in [4.78, 5) is 9.20. The van der Waals surface area contributed by atoms with Gasteiger partial charge in [0.2, 0.25) is 0 Å². The Hall–Kier alpha value is -1.36. The number of hydrogen-bond acceptors (Lipinski definition) is 5. The van der Waals surface area contributed by atoms with Crippen molar-refractivity contribution in [3.63, 3.8) is 0 Å². The van der Waals surface area contributed by atoms with Crippen molar-refractivity contribution < 1.29 is 5.11 Å². The third-order valence-corrected chi connectivity index (χ3v) is 3.76. The highest BCUT2D eigenvalue weighted by Crippen LogP contribution is 2.35. The minimum atomic E-state index is -0.188. The number of anilines is 2. The lowest BCUT2D eigenvalue weighted by Crippen LogP contribution is -2.48. The maximum Gasteiger partial charge on any atom is 0.138 e. The summed E-state index contributed by atoms with van der Waals surface area (Å²) in [5.41, 5.74) is -0.291. The van der Waals surface area contributed by atoms with Gasteiger partial charge in [0.1, 0.15) is 17.5 Å². The summed E-state index contributed by atoms with van der Waals surface area (Å²) in [6.07, 6.45) is 3.15. The fraction of sp³-hybridized carbons (Fsp3) is 0.733. The summed E-state index contributed by atoms with van der Waals surface area (Å²) >= 11 is 0. The van der Waals surface area contributed by atoms with E-state index in [2.05, 4.69) is 41.4 Å². The number of aliphatic hydroxyl groups is 1. The Bertz CT molecular complexity index is 458. The van der Waals surface area contributed by atoms with Gasteiger partial charge in [0.25, 0.3) is 0 Å². The minimum Gasteiger partial charge on any atom is -0.394 e. The first-order chi connectivity index (χ1) is 9.38. The first-order valence-electron chi connectivity index (χ1n) is 7.41. The van der Waals surface area contributed by atoms with E-state index in [0.29, 0.717) is 0 Å². The van der Waals surface area contributed by atoms with E-state index in [-0.39, 0.29) is 17.6 Å². The van der Waals surface area contributed by atoms with Gasteiger partial charge in [-0.2, -0.15) is 0 Å². The van der Waals surface area contributed by atoms with Crippen molar-refractivity contribution in [1.82, 2.24) is 9.97 Å². The highest BCUT2D eigenvalue weighted by atomic mass is 16.3. The van der Waals surface area contributed by atoms with E-state index in [9.17, 15) is 5.11 Å². The molecule has 5 heteroatoms. The standard InChI is InChI=1S/C15H26N4O/c1-5-16-11-9-12(18-13(17-11)14(2,3)4)19-15(10-20)7-6-8-15/h9,20H,5-8,10H2,1-4H3,(H2,16,17,18,19). The van der Waals surface area contributed by atoms with Gasteiger partial charge < -0.3 is 15.7 Å². The fourth-order valence-corrected chi connectivity index (χ4v) is 2.32. The van der Waals surface area contributed by atoms with Crippen molar-refractivity contribution in [2.75, 3.05) is 23.8 Å². The summed E-state index contributed by atoms with van der Waals surface area (Å²) in [6, 6.07) is 1.93. The highest BCUT2D eigenvalue weighted by molar-refractivity contribution is 5.50. The predicted molar refractivity (Wildman–Crippen MR) is 82.2 cm³/mol. The normalized spacial score (nSPS) is 17.4. The van der Waals surface area contributed by atoms with Gasteiger partial charge >= 0.3 is 0 Å². The van der Waals surface area contributed by atoms with E-state index in [1.54, 1.807) is 0 Å². The maximum absolute atomic E-state index is 9.58. The van der Waals surface area contributed by atoms with Crippen LogP contribution in [0.15, 0.2) is 6.07 Å². The first kappa shape index (κ1) is 15.0. The summed E-state index contributed by atoms with van der Waals surface area (Å²) in [6.45, 7) is 9.34. The zero-order chi connectivity index (χ0) is 14.8. The molecule has 0 radical (unpaired) electrons. The van der Waals surface area contributed by atoms with Crippen LogP contribution in [0.4, 0.5) is 11.6 Å². The van der Waals surface area contributed by atoms with Crippen LogP contribution in [0.3, 0.4) is 0 Å². The third kappa shape index (κ3) is 3.20. The summed E-state index contributed by atoms with van der Waals surface area (Å²) in [5, 5.41) is 16.2. The van der Waals surface area contributed by atoms with Crippen LogP contribution in [0.25, 0.3) is 0 Å². The minimum absolute atomic E-state index is 0.103. The fourth-order valence-electron chi connectivity index (χ4n) is 2.32. The molecule has 1 aromatic rings. The molecule has 0 bridgehead atoms. The molecule has 0 atom stereocenters. The number of nitrogens with one attached hydrogen (secondary N) is 2. The lowest BCUT2D eigenvalue weighted by Gasteiger charge is -2.41. The van der Waals surface area contributed by atoms with Gasteiger partial charge in [0, 0.05) is 18.0 Å². The van der Waals surface area contributed by atoms with Crippen molar-refractivity contribution in [3.05, 3.63) is 11.9 Å². The molecule has 1 aliphatic carbocycles. The van der Waals surface area contributed by atoms with Crippen LogP contribution in [-0.4, -0.2) is 33.8 Å². The number of rotatable bonds is 5. The molecule has 0 saturated heterocycles. The van der Waals surface area contributed by atoms with Crippen LogP contribution in [-0.2, 0) is 5.41 Å². The second-order valence-electron chi connectivity index (χ2n) is 6.66.